The number of hydrogen-bond donors (Lipinski definition) is 1. The summed E-state index contributed by atoms with van der Waals surface area (Å²) in [5.41, 5.74) is 14.4. The maximum absolute atomic E-state index is 3.76. The molecule has 0 atom stereocenters. The molecule has 1 aliphatic rings. The summed E-state index contributed by atoms with van der Waals surface area (Å²) >= 11 is 0. The van der Waals surface area contributed by atoms with Crippen molar-refractivity contribution in [1.82, 2.24) is 0 Å². The smallest absolute Gasteiger partial charge is 0.0714 e. The van der Waals surface area contributed by atoms with Gasteiger partial charge in [0.25, 0.3) is 0 Å². The molecule has 0 spiro atoms. The molecular formula is C51H35N. The van der Waals surface area contributed by atoms with Gasteiger partial charge in [0.2, 0.25) is 0 Å². The Balaban J connectivity index is 1.03. The van der Waals surface area contributed by atoms with Gasteiger partial charge >= 0.3 is 0 Å². The van der Waals surface area contributed by atoms with Crippen molar-refractivity contribution in [1.29, 1.82) is 0 Å². The average molecular weight is 662 g/mol. The molecule has 1 heteroatoms. The van der Waals surface area contributed by atoms with E-state index in [-0.39, 0.29) is 0 Å². The highest BCUT2D eigenvalue weighted by molar-refractivity contribution is 6.09. The summed E-state index contributed by atoms with van der Waals surface area (Å²) in [7, 11) is 0. The van der Waals surface area contributed by atoms with Crippen LogP contribution in [0.1, 0.15) is 22.3 Å². The molecule has 0 saturated carbocycles. The van der Waals surface area contributed by atoms with Crippen LogP contribution in [0.2, 0.25) is 0 Å². The predicted molar refractivity (Wildman–Crippen MR) is 219 cm³/mol. The van der Waals surface area contributed by atoms with Crippen LogP contribution in [-0.2, 0) is 5.41 Å². The van der Waals surface area contributed by atoms with Gasteiger partial charge in [-0.25, -0.2) is 0 Å². The van der Waals surface area contributed by atoms with Crippen LogP contribution in [0.3, 0.4) is 0 Å². The van der Waals surface area contributed by atoms with E-state index in [0.717, 1.165) is 11.4 Å². The van der Waals surface area contributed by atoms with Gasteiger partial charge in [-0.15, -0.1) is 0 Å². The summed E-state index contributed by atoms with van der Waals surface area (Å²) in [5, 5.41) is 8.82. The number of benzene rings is 9. The van der Waals surface area contributed by atoms with Crippen molar-refractivity contribution < 1.29 is 0 Å². The van der Waals surface area contributed by atoms with Crippen molar-refractivity contribution in [3.63, 3.8) is 0 Å². The molecule has 52 heavy (non-hydrogen) atoms. The number of rotatable bonds is 6. The summed E-state index contributed by atoms with van der Waals surface area (Å²) in [6.45, 7) is 0. The normalized spacial score (nSPS) is 12.8. The fourth-order valence-corrected chi connectivity index (χ4v) is 8.68. The maximum Gasteiger partial charge on any atom is 0.0714 e. The third kappa shape index (κ3) is 4.71. The van der Waals surface area contributed by atoms with Crippen LogP contribution in [0.15, 0.2) is 206 Å². The molecule has 0 amide bonds. The molecule has 0 fully saturated rings. The van der Waals surface area contributed by atoms with Crippen LogP contribution in [-0.4, -0.2) is 0 Å². The maximum atomic E-state index is 3.76. The Morgan fingerprint density at radius 1 is 0.308 bits per heavy atom. The fourth-order valence-electron chi connectivity index (χ4n) is 8.68. The Kier molecular flexibility index (Phi) is 7.11. The first-order chi connectivity index (χ1) is 25.8. The SMILES string of the molecule is c1ccc(C2(c3ccccc3)c3ccccc3-c3ccc(Nc4ccc(-c5cccc6c(-c7cccc8ccccc78)cccc56)cc4)cc32)cc1. The van der Waals surface area contributed by atoms with E-state index in [1.54, 1.807) is 0 Å². The van der Waals surface area contributed by atoms with E-state index in [4.69, 9.17) is 0 Å². The van der Waals surface area contributed by atoms with Crippen LogP contribution < -0.4 is 5.32 Å². The molecule has 0 aliphatic heterocycles. The molecule has 244 valence electrons. The van der Waals surface area contributed by atoms with Gasteiger partial charge < -0.3 is 5.32 Å². The largest absolute Gasteiger partial charge is 0.356 e. The number of fused-ring (bicyclic) bond motifs is 5. The third-order valence-corrected chi connectivity index (χ3v) is 10.9. The van der Waals surface area contributed by atoms with Crippen molar-refractivity contribution >= 4 is 32.9 Å². The van der Waals surface area contributed by atoms with E-state index in [1.165, 1.54) is 77.2 Å². The van der Waals surface area contributed by atoms with Gasteiger partial charge in [0, 0.05) is 11.4 Å². The lowest BCUT2D eigenvalue weighted by atomic mass is 9.67. The topological polar surface area (TPSA) is 12.0 Å². The number of hydrogen-bond acceptors (Lipinski definition) is 1. The zero-order chi connectivity index (χ0) is 34.5. The van der Waals surface area contributed by atoms with Crippen LogP contribution >= 0.6 is 0 Å². The number of anilines is 2. The monoisotopic (exact) mass is 661 g/mol. The highest BCUT2D eigenvalue weighted by Gasteiger charge is 2.46. The first-order valence-electron chi connectivity index (χ1n) is 18.0. The first-order valence-corrected chi connectivity index (χ1v) is 18.0. The second-order valence-electron chi connectivity index (χ2n) is 13.7. The van der Waals surface area contributed by atoms with Gasteiger partial charge in [-0.2, -0.15) is 0 Å². The third-order valence-electron chi connectivity index (χ3n) is 10.9. The molecule has 9 aromatic rings. The lowest BCUT2D eigenvalue weighted by Crippen LogP contribution is -2.28. The lowest BCUT2D eigenvalue weighted by molar-refractivity contribution is 0.769. The molecule has 0 heterocycles. The summed E-state index contributed by atoms with van der Waals surface area (Å²) in [4.78, 5) is 0. The molecule has 9 aromatic carbocycles. The van der Waals surface area contributed by atoms with Gasteiger partial charge in [0.15, 0.2) is 0 Å². The molecule has 0 saturated heterocycles. The van der Waals surface area contributed by atoms with Crippen LogP contribution in [0.4, 0.5) is 11.4 Å². The van der Waals surface area contributed by atoms with E-state index >= 15 is 0 Å². The summed E-state index contributed by atoms with van der Waals surface area (Å²) < 4.78 is 0. The van der Waals surface area contributed by atoms with E-state index in [2.05, 4.69) is 212 Å². The summed E-state index contributed by atoms with van der Waals surface area (Å²) in [6, 6.07) is 75.2. The molecule has 1 N–H and O–H groups in total. The Morgan fingerprint density at radius 2 is 0.808 bits per heavy atom. The highest BCUT2D eigenvalue weighted by atomic mass is 14.9. The van der Waals surface area contributed by atoms with Gasteiger partial charge in [0.1, 0.15) is 0 Å². The zero-order valence-electron chi connectivity index (χ0n) is 28.6. The van der Waals surface area contributed by atoms with Crippen molar-refractivity contribution in [2.24, 2.45) is 0 Å². The minimum absolute atomic E-state index is 0.421. The van der Waals surface area contributed by atoms with Crippen molar-refractivity contribution in [2.45, 2.75) is 5.41 Å². The minimum Gasteiger partial charge on any atom is -0.356 e. The van der Waals surface area contributed by atoms with Crippen molar-refractivity contribution in [2.75, 3.05) is 5.32 Å². The molecule has 0 bridgehead atoms. The molecule has 0 aromatic heterocycles. The Bertz CT molecular complexity index is 2700. The molecule has 1 aliphatic carbocycles. The standard InChI is InChI=1S/C51H35N/c1-3-16-37(17-4-1)51(38-18-5-2-6-19-38)49-27-10-9-21-47(49)48-33-32-40(34-50(48)51)52-39-30-28-36(29-31-39)42-22-12-25-45-44(42)24-13-26-46(45)43-23-11-15-35-14-7-8-20-41(35)43/h1-34,52H. The average Bonchev–Trinajstić information content (AvgIpc) is 3.51. The van der Waals surface area contributed by atoms with Gasteiger partial charge in [-0.3, -0.25) is 0 Å². The van der Waals surface area contributed by atoms with Crippen LogP contribution in [0.5, 0.6) is 0 Å². The summed E-state index contributed by atoms with van der Waals surface area (Å²) in [5.74, 6) is 0. The second-order valence-corrected chi connectivity index (χ2v) is 13.7. The first kappa shape index (κ1) is 30.2. The highest BCUT2D eigenvalue weighted by Crippen LogP contribution is 2.56. The van der Waals surface area contributed by atoms with Crippen LogP contribution in [0, 0.1) is 0 Å². The Hall–Kier alpha value is -6.70. The fraction of sp³-hybridized carbons (Fsp3) is 0.0196. The van der Waals surface area contributed by atoms with E-state index in [9.17, 15) is 0 Å². The van der Waals surface area contributed by atoms with Crippen LogP contribution in [0.25, 0.3) is 54.9 Å². The molecule has 0 radical (unpaired) electrons. The van der Waals surface area contributed by atoms with E-state index in [1.807, 2.05) is 0 Å². The zero-order valence-corrected chi connectivity index (χ0v) is 28.6. The molecular weight excluding hydrogens is 627 g/mol. The van der Waals surface area contributed by atoms with Gasteiger partial charge in [-0.05, 0) is 101 Å². The molecule has 10 rings (SSSR count). The molecule has 0 unspecified atom stereocenters. The second kappa shape index (κ2) is 12.3. The van der Waals surface area contributed by atoms with Gasteiger partial charge in [0.05, 0.1) is 5.41 Å². The van der Waals surface area contributed by atoms with Crippen molar-refractivity contribution in [3.05, 3.63) is 229 Å². The minimum atomic E-state index is -0.421. The quantitative estimate of drug-likeness (QED) is 0.187. The Labute approximate surface area is 304 Å². The lowest BCUT2D eigenvalue weighted by Gasteiger charge is -2.34. The van der Waals surface area contributed by atoms with Gasteiger partial charge in [-0.1, -0.05) is 182 Å². The van der Waals surface area contributed by atoms with E-state index in [0.29, 0.717) is 0 Å². The van der Waals surface area contributed by atoms with E-state index < -0.39 is 5.41 Å². The summed E-state index contributed by atoms with van der Waals surface area (Å²) in [6.07, 6.45) is 0. The van der Waals surface area contributed by atoms with Crippen molar-refractivity contribution in [3.8, 4) is 33.4 Å². The molecule has 1 nitrogen and oxygen atoms in total. The Morgan fingerprint density at radius 3 is 1.56 bits per heavy atom. The number of nitrogens with one attached hydrogen (secondary N) is 1. The predicted octanol–water partition coefficient (Wildman–Crippen LogP) is 13.4.